The fourth-order valence-corrected chi connectivity index (χ4v) is 2.45. The lowest BCUT2D eigenvalue weighted by molar-refractivity contribution is -0.206. The molecule has 1 heterocycles. The number of nitrogens with one attached hydrogen (secondary N) is 1. The Kier molecular flexibility index (Phi) is 6.38. The zero-order valence-corrected chi connectivity index (χ0v) is 14.6. The molecule has 0 fully saturated rings. The van der Waals surface area contributed by atoms with Crippen molar-refractivity contribution in [2.45, 2.75) is 31.5 Å². The van der Waals surface area contributed by atoms with Gasteiger partial charge in [0.15, 0.2) is 11.6 Å². The maximum atomic E-state index is 14.0. The van der Waals surface area contributed by atoms with Gasteiger partial charge in [0.2, 0.25) is 0 Å². The summed E-state index contributed by atoms with van der Waals surface area (Å²) in [6.07, 6.45) is -7.22. The SMILES string of the molecule is C[C@H](C[C@@H](O)C(F)(F)F)c1cc(NC(=O)c2ccc(Cl)cn2)cc(F)c1F. The number of hydrogen-bond donors (Lipinski definition) is 2. The summed E-state index contributed by atoms with van der Waals surface area (Å²) in [6, 6.07) is 4.42. The summed E-state index contributed by atoms with van der Waals surface area (Å²) in [4.78, 5) is 15.9. The number of alkyl halides is 3. The third-order valence-electron chi connectivity index (χ3n) is 3.76. The molecule has 2 N–H and O–H groups in total. The highest BCUT2D eigenvalue weighted by atomic mass is 35.5. The van der Waals surface area contributed by atoms with Crippen LogP contribution in [0.15, 0.2) is 30.5 Å². The quantitative estimate of drug-likeness (QED) is 0.706. The van der Waals surface area contributed by atoms with Gasteiger partial charge in [-0.05, 0) is 36.1 Å². The Balaban J connectivity index is 2.24. The highest BCUT2D eigenvalue weighted by Crippen LogP contribution is 2.32. The molecule has 0 unspecified atom stereocenters. The van der Waals surface area contributed by atoms with Crippen LogP contribution in [0.1, 0.15) is 35.3 Å². The molecule has 0 aliphatic rings. The number of carbonyl (C=O) groups excluding carboxylic acids is 1. The molecule has 0 saturated carbocycles. The van der Waals surface area contributed by atoms with Crippen LogP contribution < -0.4 is 5.32 Å². The Morgan fingerprint density at radius 3 is 2.52 bits per heavy atom. The monoisotopic (exact) mass is 408 g/mol. The van der Waals surface area contributed by atoms with E-state index in [4.69, 9.17) is 16.7 Å². The smallest absolute Gasteiger partial charge is 0.384 e. The molecule has 2 atom stereocenters. The van der Waals surface area contributed by atoms with Gasteiger partial charge in [-0.2, -0.15) is 13.2 Å². The first kappa shape index (κ1) is 21.0. The van der Waals surface area contributed by atoms with Gasteiger partial charge in [0.1, 0.15) is 11.8 Å². The van der Waals surface area contributed by atoms with Crippen LogP contribution >= 0.6 is 11.6 Å². The van der Waals surface area contributed by atoms with E-state index in [9.17, 15) is 26.7 Å². The Labute approximate surface area is 156 Å². The summed E-state index contributed by atoms with van der Waals surface area (Å²) in [6.45, 7) is 1.21. The highest BCUT2D eigenvalue weighted by molar-refractivity contribution is 6.30. The standard InChI is InChI=1S/C17H14ClF5N2O2/c1-8(4-14(26)17(21,22)23)11-5-10(6-12(19)15(11)20)25-16(27)13-3-2-9(18)7-24-13/h2-3,5-8,14,26H,4H2,1H3,(H,25,27)/t8-,14-/m1/s1. The molecule has 146 valence electrons. The molecule has 0 aliphatic carbocycles. The Morgan fingerprint density at radius 2 is 1.96 bits per heavy atom. The number of rotatable bonds is 5. The number of hydrogen-bond acceptors (Lipinski definition) is 3. The van der Waals surface area contributed by atoms with E-state index in [-0.39, 0.29) is 11.4 Å². The highest BCUT2D eigenvalue weighted by Gasteiger charge is 2.39. The molecule has 10 heteroatoms. The van der Waals surface area contributed by atoms with Gasteiger partial charge in [0.05, 0.1) is 5.02 Å². The third kappa shape index (κ3) is 5.36. The summed E-state index contributed by atoms with van der Waals surface area (Å²) >= 11 is 5.66. The van der Waals surface area contributed by atoms with Crippen LogP contribution in [-0.4, -0.2) is 28.3 Å². The molecule has 27 heavy (non-hydrogen) atoms. The van der Waals surface area contributed by atoms with Crippen molar-refractivity contribution in [1.29, 1.82) is 0 Å². The fraction of sp³-hybridized carbons (Fsp3) is 0.294. The third-order valence-corrected chi connectivity index (χ3v) is 3.98. The Morgan fingerprint density at radius 1 is 1.30 bits per heavy atom. The van der Waals surface area contributed by atoms with E-state index in [1.54, 1.807) is 0 Å². The second-order valence-corrected chi connectivity index (χ2v) is 6.31. The number of aromatic nitrogens is 1. The topological polar surface area (TPSA) is 62.2 Å². The molecule has 0 aliphatic heterocycles. The predicted molar refractivity (Wildman–Crippen MR) is 88.7 cm³/mol. The van der Waals surface area contributed by atoms with Gasteiger partial charge in [-0.25, -0.2) is 13.8 Å². The zero-order valence-electron chi connectivity index (χ0n) is 13.8. The molecule has 0 bridgehead atoms. The van der Waals surface area contributed by atoms with Gasteiger partial charge in [0.25, 0.3) is 5.91 Å². The minimum absolute atomic E-state index is 0.0498. The van der Waals surface area contributed by atoms with Crippen molar-refractivity contribution >= 4 is 23.2 Å². The molecule has 4 nitrogen and oxygen atoms in total. The van der Waals surface area contributed by atoms with Gasteiger partial charge >= 0.3 is 6.18 Å². The molecular weight excluding hydrogens is 395 g/mol. The van der Waals surface area contributed by atoms with E-state index >= 15 is 0 Å². The lowest BCUT2D eigenvalue weighted by atomic mass is 9.93. The summed E-state index contributed by atoms with van der Waals surface area (Å²) in [7, 11) is 0. The van der Waals surface area contributed by atoms with Gasteiger partial charge in [-0.3, -0.25) is 4.79 Å². The molecule has 1 amide bonds. The van der Waals surface area contributed by atoms with Crippen LogP contribution in [0.2, 0.25) is 5.02 Å². The fourth-order valence-electron chi connectivity index (χ4n) is 2.34. The van der Waals surface area contributed by atoms with Crippen molar-refractivity contribution in [3.63, 3.8) is 0 Å². The first-order valence-corrected chi connectivity index (χ1v) is 8.03. The number of nitrogens with zero attached hydrogens (tertiary/aromatic N) is 1. The lowest BCUT2D eigenvalue weighted by Crippen LogP contribution is -2.30. The summed E-state index contributed by atoms with van der Waals surface area (Å²) < 4.78 is 65.3. The molecule has 0 radical (unpaired) electrons. The van der Waals surface area contributed by atoms with Crippen LogP contribution in [0, 0.1) is 11.6 Å². The first-order valence-electron chi connectivity index (χ1n) is 7.65. The van der Waals surface area contributed by atoms with Gasteiger partial charge in [-0.15, -0.1) is 0 Å². The number of aliphatic hydroxyl groups excluding tert-OH is 1. The van der Waals surface area contributed by atoms with E-state index in [2.05, 4.69) is 10.3 Å². The van der Waals surface area contributed by atoms with Crippen molar-refractivity contribution in [2.75, 3.05) is 5.32 Å². The molecule has 1 aromatic carbocycles. The largest absolute Gasteiger partial charge is 0.414 e. The number of pyridine rings is 1. The van der Waals surface area contributed by atoms with E-state index in [0.717, 1.165) is 6.07 Å². The number of carbonyl (C=O) groups is 1. The number of halogens is 6. The molecular formula is C17H14ClF5N2O2. The minimum atomic E-state index is -4.88. The Hall–Kier alpha value is -2.26. The Bertz CT molecular complexity index is 827. The maximum Gasteiger partial charge on any atom is 0.414 e. The number of aliphatic hydroxyl groups is 1. The normalized spacial score (nSPS) is 13.9. The minimum Gasteiger partial charge on any atom is -0.384 e. The van der Waals surface area contributed by atoms with Crippen LogP contribution in [0.25, 0.3) is 0 Å². The van der Waals surface area contributed by atoms with Crippen molar-refractivity contribution in [2.24, 2.45) is 0 Å². The van der Waals surface area contributed by atoms with Gasteiger partial charge in [-0.1, -0.05) is 18.5 Å². The average Bonchev–Trinajstić information content (AvgIpc) is 2.57. The second-order valence-electron chi connectivity index (χ2n) is 5.87. The first-order chi connectivity index (χ1) is 12.5. The van der Waals surface area contributed by atoms with Crippen LogP contribution in [0.5, 0.6) is 0 Å². The van der Waals surface area contributed by atoms with Gasteiger partial charge in [0, 0.05) is 18.0 Å². The number of anilines is 1. The summed E-state index contributed by atoms with van der Waals surface area (Å²) in [5.74, 6) is -4.60. The van der Waals surface area contributed by atoms with Crippen LogP contribution in [0.3, 0.4) is 0 Å². The lowest BCUT2D eigenvalue weighted by Gasteiger charge is -2.20. The predicted octanol–water partition coefficient (Wildman–Crippen LogP) is 4.68. The van der Waals surface area contributed by atoms with E-state index in [0.29, 0.717) is 11.1 Å². The molecule has 2 aromatic rings. The number of benzene rings is 1. The van der Waals surface area contributed by atoms with Gasteiger partial charge < -0.3 is 10.4 Å². The molecule has 2 rings (SSSR count). The van der Waals surface area contributed by atoms with E-state index in [1.165, 1.54) is 25.3 Å². The van der Waals surface area contributed by atoms with Crippen LogP contribution in [-0.2, 0) is 0 Å². The average molecular weight is 409 g/mol. The number of amides is 1. The second kappa shape index (κ2) is 8.18. The van der Waals surface area contributed by atoms with E-state index in [1.807, 2.05) is 0 Å². The van der Waals surface area contributed by atoms with Crippen molar-refractivity contribution in [3.05, 3.63) is 58.4 Å². The molecule has 0 spiro atoms. The van der Waals surface area contributed by atoms with Crippen molar-refractivity contribution < 1.29 is 31.9 Å². The summed E-state index contributed by atoms with van der Waals surface area (Å²) in [5, 5.41) is 11.7. The van der Waals surface area contributed by atoms with Crippen molar-refractivity contribution in [3.8, 4) is 0 Å². The molecule has 1 aromatic heterocycles. The summed E-state index contributed by atoms with van der Waals surface area (Å²) in [5.41, 5.74) is -0.622. The maximum absolute atomic E-state index is 14.0. The molecule has 0 saturated heterocycles. The van der Waals surface area contributed by atoms with Crippen molar-refractivity contribution in [1.82, 2.24) is 4.98 Å². The van der Waals surface area contributed by atoms with E-state index < -0.39 is 47.7 Å². The van der Waals surface area contributed by atoms with Crippen LogP contribution in [0.4, 0.5) is 27.6 Å². The zero-order chi connectivity index (χ0) is 20.4.